The first-order valence-corrected chi connectivity index (χ1v) is 9.26. The Kier molecular flexibility index (Phi) is 5.62. The standard InChI is InChI=1S/C19H14ClF3N2OS/c1-11-8-18(25-15-5-3-2-4-13(11)15)27-10-17(26)24-16-7-6-12(20)9-14(16)19(21,22)23/h2-9H,10H2,1H3,(H,24,26). The van der Waals surface area contributed by atoms with Gasteiger partial charge in [-0.1, -0.05) is 41.6 Å². The number of rotatable bonds is 4. The van der Waals surface area contributed by atoms with Crippen LogP contribution in [0.5, 0.6) is 0 Å². The first kappa shape index (κ1) is 19.5. The van der Waals surface area contributed by atoms with Crippen LogP contribution in [0.15, 0.2) is 53.6 Å². The molecule has 3 rings (SSSR count). The number of thioether (sulfide) groups is 1. The van der Waals surface area contributed by atoms with Gasteiger partial charge in [0.2, 0.25) is 5.91 Å². The monoisotopic (exact) mass is 410 g/mol. The van der Waals surface area contributed by atoms with Crippen molar-refractivity contribution in [3.05, 3.63) is 64.7 Å². The third-order valence-electron chi connectivity index (χ3n) is 3.81. The van der Waals surface area contributed by atoms with Crippen molar-refractivity contribution in [3.63, 3.8) is 0 Å². The molecule has 0 saturated carbocycles. The summed E-state index contributed by atoms with van der Waals surface area (Å²) in [6.45, 7) is 1.94. The number of nitrogens with one attached hydrogen (secondary N) is 1. The van der Waals surface area contributed by atoms with Gasteiger partial charge < -0.3 is 5.32 Å². The van der Waals surface area contributed by atoms with Crippen molar-refractivity contribution in [1.82, 2.24) is 4.98 Å². The van der Waals surface area contributed by atoms with Crippen LogP contribution in [0.2, 0.25) is 5.02 Å². The maximum absolute atomic E-state index is 13.1. The van der Waals surface area contributed by atoms with Crippen LogP contribution in [0.3, 0.4) is 0 Å². The molecular weight excluding hydrogens is 397 g/mol. The number of para-hydroxylation sites is 1. The molecule has 3 nitrogen and oxygen atoms in total. The van der Waals surface area contributed by atoms with E-state index < -0.39 is 17.6 Å². The average molecular weight is 411 g/mol. The number of benzene rings is 2. The fraction of sp³-hybridized carbons (Fsp3) is 0.158. The lowest BCUT2D eigenvalue weighted by molar-refractivity contribution is -0.137. The zero-order chi connectivity index (χ0) is 19.6. The summed E-state index contributed by atoms with van der Waals surface area (Å²) in [5, 5.41) is 3.90. The van der Waals surface area contributed by atoms with Crippen molar-refractivity contribution in [3.8, 4) is 0 Å². The minimum Gasteiger partial charge on any atom is -0.325 e. The van der Waals surface area contributed by atoms with Gasteiger partial charge in [0.15, 0.2) is 0 Å². The van der Waals surface area contributed by atoms with E-state index >= 15 is 0 Å². The SMILES string of the molecule is Cc1cc(SCC(=O)Nc2ccc(Cl)cc2C(F)(F)F)nc2ccccc12. The molecule has 8 heteroatoms. The van der Waals surface area contributed by atoms with Gasteiger partial charge in [0.25, 0.3) is 0 Å². The zero-order valence-electron chi connectivity index (χ0n) is 14.1. The molecule has 0 radical (unpaired) electrons. The molecule has 0 spiro atoms. The molecule has 0 unspecified atom stereocenters. The Balaban J connectivity index is 1.72. The summed E-state index contributed by atoms with van der Waals surface area (Å²) in [5.74, 6) is -0.620. The van der Waals surface area contributed by atoms with Gasteiger partial charge in [-0.25, -0.2) is 4.98 Å². The van der Waals surface area contributed by atoms with Gasteiger partial charge in [-0.05, 0) is 42.8 Å². The number of pyridine rings is 1. The fourth-order valence-electron chi connectivity index (χ4n) is 2.58. The molecule has 140 valence electrons. The molecule has 0 fully saturated rings. The van der Waals surface area contributed by atoms with E-state index in [1.54, 1.807) is 0 Å². The Morgan fingerprint density at radius 3 is 2.67 bits per heavy atom. The summed E-state index contributed by atoms with van der Waals surface area (Å²) in [7, 11) is 0. The van der Waals surface area contributed by atoms with Crippen molar-refractivity contribution in [2.45, 2.75) is 18.1 Å². The summed E-state index contributed by atoms with van der Waals surface area (Å²) in [6, 6.07) is 12.7. The molecular formula is C19H14ClF3N2OS. The largest absolute Gasteiger partial charge is 0.418 e. The van der Waals surface area contributed by atoms with E-state index in [4.69, 9.17) is 11.6 Å². The second kappa shape index (κ2) is 7.78. The van der Waals surface area contributed by atoms with Crippen LogP contribution in [0, 0.1) is 6.92 Å². The molecule has 0 atom stereocenters. The highest BCUT2D eigenvalue weighted by atomic mass is 35.5. The second-order valence-electron chi connectivity index (χ2n) is 5.82. The van der Waals surface area contributed by atoms with Crippen LogP contribution in [0.4, 0.5) is 18.9 Å². The zero-order valence-corrected chi connectivity index (χ0v) is 15.7. The molecule has 1 heterocycles. The highest BCUT2D eigenvalue weighted by Crippen LogP contribution is 2.36. The van der Waals surface area contributed by atoms with Gasteiger partial charge in [-0.3, -0.25) is 4.79 Å². The third-order valence-corrected chi connectivity index (χ3v) is 4.96. The third kappa shape index (κ3) is 4.73. The van der Waals surface area contributed by atoms with Crippen molar-refractivity contribution in [2.24, 2.45) is 0 Å². The lowest BCUT2D eigenvalue weighted by Gasteiger charge is -2.14. The van der Waals surface area contributed by atoms with E-state index in [0.717, 1.165) is 40.4 Å². The number of halogens is 4. The van der Waals surface area contributed by atoms with Crippen molar-refractivity contribution < 1.29 is 18.0 Å². The molecule has 0 bridgehead atoms. The maximum atomic E-state index is 13.1. The van der Waals surface area contributed by atoms with E-state index in [2.05, 4.69) is 10.3 Å². The summed E-state index contributed by atoms with van der Waals surface area (Å²) in [6.07, 6.45) is -4.61. The Hall–Kier alpha value is -2.25. The Labute approximate surface area is 162 Å². The van der Waals surface area contributed by atoms with E-state index in [0.29, 0.717) is 5.03 Å². The number of aromatic nitrogens is 1. The van der Waals surface area contributed by atoms with Crippen LogP contribution >= 0.6 is 23.4 Å². The van der Waals surface area contributed by atoms with Gasteiger partial charge in [-0.15, -0.1) is 0 Å². The minimum atomic E-state index is -4.61. The molecule has 27 heavy (non-hydrogen) atoms. The number of carbonyl (C=O) groups excluding carboxylic acids is 1. The number of alkyl halides is 3. The predicted molar refractivity (Wildman–Crippen MR) is 102 cm³/mol. The molecule has 2 aromatic carbocycles. The molecule has 0 aliphatic carbocycles. The van der Waals surface area contributed by atoms with Crippen LogP contribution in [0.25, 0.3) is 10.9 Å². The van der Waals surface area contributed by atoms with Gasteiger partial charge in [0, 0.05) is 10.4 Å². The topological polar surface area (TPSA) is 42.0 Å². The van der Waals surface area contributed by atoms with Gasteiger partial charge in [-0.2, -0.15) is 13.2 Å². The molecule has 1 amide bonds. The second-order valence-corrected chi connectivity index (χ2v) is 7.25. The highest BCUT2D eigenvalue weighted by Gasteiger charge is 2.34. The predicted octanol–water partition coefficient (Wildman–Crippen LogP) is 5.95. The molecule has 1 aromatic heterocycles. The first-order valence-electron chi connectivity index (χ1n) is 7.90. The molecule has 1 N–H and O–H groups in total. The number of aryl methyl sites for hydroxylation is 1. The summed E-state index contributed by atoms with van der Waals surface area (Å²) in [4.78, 5) is 16.6. The number of nitrogens with zero attached hydrogens (tertiary/aromatic N) is 1. The Morgan fingerprint density at radius 2 is 1.93 bits per heavy atom. The lowest BCUT2D eigenvalue weighted by Crippen LogP contribution is -2.18. The van der Waals surface area contributed by atoms with Crippen molar-refractivity contribution >= 4 is 45.9 Å². The van der Waals surface area contributed by atoms with Crippen LogP contribution in [-0.2, 0) is 11.0 Å². The molecule has 0 saturated heterocycles. The van der Waals surface area contributed by atoms with E-state index in [9.17, 15) is 18.0 Å². The summed E-state index contributed by atoms with van der Waals surface area (Å²) < 4.78 is 39.3. The maximum Gasteiger partial charge on any atom is 0.418 e. The van der Waals surface area contributed by atoms with Gasteiger partial charge >= 0.3 is 6.18 Å². The van der Waals surface area contributed by atoms with Crippen molar-refractivity contribution in [2.75, 3.05) is 11.1 Å². The molecule has 0 aliphatic rings. The molecule has 0 aliphatic heterocycles. The quantitative estimate of drug-likeness (QED) is 0.541. The average Bonchev–Trinajstić information content (AvgIpc) is 2.61. The fourth-order valence-corrected chi connectivity index (χ4v) is 3.52. The summed E-state index contributed by atoms with van der Waals surface area (Å²) >= 11 is 6.80. The Bertz CT molecular complexity index is 1010. The number of hydrogen-bond donors (Lipinski definition) is 1. The Morgan fingerprint density at radius 1 is 1.19 bits per heavy atom. The lowest BCUT2D eigenvalue weighted by atomic mass is 10.1. The van der Waals surface area contributed by atoms with Gasteiger partial charge in [0.1, 0.15) is 0 Å². The van der Waals surface area contributed by atoms with Crippen LogP contribution in [-0.4, -0.2) is 16.6 Å². The normalized spacial score (nSPS) is 11.6. The number of anilines is 1. The smallest absolute Gasteiger partial charge is 0.325 e. The number of fused-ring (bicyclic) bond motifs is 1. The summed E-state index contributed by atoms with van der Waals surface area (Å²) in [5.41, 5.74) is 0.520. The van der Waals surface area contributed by atoms with E-state index in [-0.39, 0.29) is 16.5 Å². The number of carbonyl (C=O) groups is 1. The highest BCUT2D eigenvalue weighted by molar-refractivity contribution is 7.99. The van der Waals surface area contributed by atoms with Crippen LogP contribution in [0.1, 0.15) is 11.1 Å². The van der Waals surface area contributed by atoms with E-state index in [1.165, 1.54) is 6.07 Å². The minimum absolute atomic E-state index is 0.0504. The van der Waals surface area contributed by atoms with Crippen molar-refractivity contribution in [1.29, 1.82) is 0 Å². The number of amides is 1. The first-order chi connectivity index (χ1) is 12.7. The number of hydrogen-bond acceptors (Lipinski definition) is 3. The van der Waals surface area contributed by atoms with Crippen LogP contribution < -0.4 is 5.32 Å². The van der Waals surface area contributed by atoms with Gasteiger partial charge in [0.05, 0.1) is 27.5 Å². The molecule has 3 aromatic rings. The van der Waals surface area contributed by atoms with E-state index in [1.807, 2.05) is 37.3 Å².